The number of aromatic amines is 1. The van der Waals surface area contributed by atoms with Gasteiger partial charge in [-0.05, 0) is 87.8 Å². The Morgan fingerprint density at radius 1 is 0.687 bits per heavy atom. The van der Waals surface area contributed by atoms with Crippen molar-refractivity contribution in [3.8, 4) is 28.2 Å². The van der Waals surface area contributed by atoms with E-state index in [4.69, 9.17) is 36.6 Å². The maximum atomic E-state index is 11.7. The summed E-state index contributed by atoms with van der Waals surface area (Å²) in [5.74, 6) is 0.822. The minimum atomic E-state index is -0.750. The number of nitrogens with one attached hydrogen (secondary N) is 5. The molecule has 3 aromatic carbocycles. The van der Waals surface area contributed by atoms with E-state index in [0.717, 1.165) is 90.0 Å². The standard InChI is InChI=1S/C27H26ClN5O.C21H22ClN5O.Na.O2S.H2O/c1-2-25(34)30-18-9-8-10-19(15-18)31-27-29-16-23(28)26(32-27)22-17-33(20-11-4-3-5-12-20)24-14-7-6-13-21(22)24;1-2-19(28)25-13-6-5-7-14(10-13)26-21-24-12-17(22)20(27-21)16-11-23-18-9-4-3-8-15(16)18;;1-3-2;/h2-7,11-14,16-19H,1,8-10,15H2,(H,30,34)(H,29,31,32);2-4,8-9,11-14,23H,1,5-7,10H2,(H,25,28)(H,24,26,27);;;1H2/q;;+1;;/p-1/t18-,19+;13-,14+;;;/m00.../s1. The minimum absolute atomic E-state index is 0. The van der Waals surface area contributed by atoms with Gasteiger partial charge in [-0.15, -0.1) is 0 Å². The van der Waals surface area contributed by atoms with Crippen molar-refractivity contribution in [2.24, 2.45) is 0 Å². The van der Waals surface area contributed by atoms with Gasteiger partial charge in [0, 0.05) is 69.7 Å². The van der Waals surface area contributed by atoms with Crippen LogP contribution >= 0.6 is 23.2 Å². The van der Waals surface area contributed by atoms with Gasteiger partial charge in [0.05, 0.1) is 39.3 Å². The van der Waals surface area contributed by atoms with E-state index in [1.807, 2.05) is 60.8 Å². The summed E-state index contributed by atoms with van der Waals surface area (Å²) in [7, 11) is 0. The van der Waals surface area contributed by atoms with Crippen molar-refractivity contribution in [1.29, 1.82) is 0 Å². The summed E-state index contributed by atoms with van der Waals surface area (Å²) >= 11 is 12.3. The number of aromatic nitrogens is 6. The molecule has 2 fully saturated rings. The zero-order valence-corrected chi connectivity index (χ0v) is 41.2. The van der Waals surface area contributed by atoms with E-state index < -0.39 is 11.6 Å². The minimum Gasteiger partial charge on any atom is -0.870 e. The topological polar surface area (TPSA) is 219 Å². The molecule has 0 spiro atoms. The normalized spacial score (nSPS) is 17.3. The molecule has 6 N–H and O–H groups in total. The first-order chi connectivity index (χ1) is 31.7. The first-order valence-corrected chi connectivity index (χ1v) is 22.7. The van der Waals surface area contributed by atoms with Crippen molar-refractivity contribution >= 4 is 80.3 Å². The molecule has 2 aliphatic rings. The summed E-state index contributed by atoms with van der Waals surface area (Å²) in [4.78, 5) is 44.8. The van der Waals surface area contributed by atoms with Crippen molar-refractivity contribution in [3.63, 3.8) is 0 Å². The van der Waals surface area contributed by atoms with Crippen LogP contribution in [0, 0.1) is 0 Å². The molecule has 0 radical (unpaired) electrons. The van der Waals surface area contributed by atoms with Crippen molar-refractivity contribution in [2.45, 2.75) is 75.5 Å². The van der Waals surface area contributed by atoms with E-state index >= 15 is 0 Å². The first-order valence-electron chi connectivity index (χ1n) is 21.3. The molecule has 4 heterocycles. The maximum absolute atomic E-state index is 11.7. The van der Waals surface area contributed by atoms with Gasteiger partial charge in [-0.2, -0.15) is 8.42 Å². The fourth-order valence-electron chi connectivity index (χ4n) is 8.48. The van der Waals surface area contributed by atoms with Crippen molar-refractivity contribution in [2.75, 3.05) is 10.6 Å². The average molecular weight is 972 g/mol. The third kappa shape index (κ3) is 13.5. The van der Waals surface area contributed by atoms with Crippen LogP contribution in [-0.4, -0.2) is 79.4 Å². The van der Waals surface area contributed by atoms with Crippen LogP contribution < -0.4 is 50.8 Å². The Morgan fingerprint density at radius 2 is 1.16 bits per heavy atom. The quantitative estimate of drug-likeness (QED) is 0.0723. The van der Waals surface area contributed by atoms with Crippen LogP contribution in [0.25, 0.3) is 50.0 Å². The molecule has 342 valence electrons. The van der Waals surface area contributed by atoms with Crippen molar-refractivity contribution in [3.05, 3.63) is 139 Å². The molecule has 9 rings (SSSR count). The van der Waals surface area contributed by atoms with Crippen LogP contribution in [0.3, 0.4) is 0 Å². The Hall–Kier alpha value is -5.72. The summed E-state index contributed by atoms with van der Waals surface area (Å²) in [6, 6.07) is 27.1. The summed E-state index contributed by atoms with van der Waals surface area (Å²) in [6.07, 6.45) is 17.5. The van der Waals surface area contributed by atoms with Gasteiger partial charge >= 0.3 is 41.1 Å². The van der Waals surface area contributed by atoms with Gasteiger partial charge in [0.1, 0.15) is 0 Å². The summed E-state index contributed by atoms with van der Waals surface area (Å²) in [5, 5.41) is 16.0. The number of amides is 2. The second-order valence-electron chi connectivity index (χ2n) is 15.7. The Labute approximate surface area is 423 Å². The molecular weight excluding hydrogens is 923 g/mol. The van der Waals surface area contributed by atoms with E-state index in [9.17, 15) is 9.59 Å². The number of fused-ring (bicyclic) bond motifs is 2. The van der Waals surface area contributed by atoms with Crippen LogP contribution in [0.4, 0.5) is 11.9 Å². The van der Waals surface area contributed by atoms with Crippen LogP contribution in [0.1, 0.15) is 51.4 Å². The SMILES string of the molecule is C=CC(=O)N[C@H]1CCC[C@@H](Nc2ncc(Cl)c(-c3c[nH]c4ccccc34)n2)C1.C=CC(=O)N[C@H]1CCC[C@@H](Nc2ncc(Cl)c(-c3cn(-c4ccccc4)c4ccccc34)n2)C1.O=S=O.[Na+].[OH-]. The number of H-pyrrole nitrogens is 1. The van der Waals surface area contributed by atoms with Crippen molar-refractivity contribution < 1.29 is 53.0 Å². The fourth-order valence-corrected chi connectivity index (χ4v) is 8.86. The molecule has 2 aliphatic carbocycles. The van der Waals surface area contributed by atoms with Crippen LogP contribution in [0.2, 0.25) is 10.0 Å². The van der Waals surface area contributed by atoms with Gasteiger partial charge in [-0.3, -0.25) is 9.59 Å². The first kappa shape index (κ1) is 52.3. The molecule has 7 aromatic rings. The monoisotopic (exact) mass is 970 g/mol. The molecule has 67 heavy (non-hydrogen) atoms. The zero-order chi connectivity index (χ0) is 45.7. The predicted molar refractivity (Wildman–Crippen MR) is 261 cm³/mol. The van der Waals surface area contributed by atoms with Gasteiger partial charge in [0.15, 0.2) is 0 Å². The maximum Gasteiger partial charge on any atom is 1.00 e. The van der Waals surface area contributed by atoms with Gasteiger partial charge < -0.3 is 36.3 Å². The van der Waals surface area contributed by atoms with E-state index in [2.05, 4.69) is 89.4 Å². The number of para-hydroxylation sites is 3. The van der Waals surface area contributed by atoms with E-state index in [1.165, 1.54) is 12.2 Å². The second-order valence-corrected chi connectivity index (χ2v) is 16.6. The molecule has 0 saturated heterocycles. The van der Waals surface area contributed by atoms with Gasteiger partial charge in [0.2, 0.25) is 23.7 Å². The molecule has 4 aromatic heterocycles. The number of hydrogen-bond donors (Lipinski definition) is 5. The van der Waals surface area contributed by atoms with E-state index in [0.29, 0.717) is 33.3 Å². The second kappa shape index (κ2) is 25.4. The van der Waals surface area contributed by atoms with Crippen LogP contribution in [0.5, 0.6) is 0 Å². The average Bonchev–Trinajstić information content (AvgIpc) is 3.94. The number of nitrogens with zero attached hydrogens (tertiary/aromatic N) is 5. The summed E-state index contributed by atoms with van der Waals surface area (Å²) in [5.41, 5.74) is 6.49. The fraction of sp³-hybridized carbons (Fsp3) is 0.250. The molecular formula is C48H49Cl2N10NaO5S. The van der Waals surface area contributed by atoms with Crippen molar-refractivity contribution in [1.82, 2.24) is 40.1 Å². The van der Waals surface area contributed by atoms with E-state index in [-0.39, 0.29) is 71.0 Å². The number of benzene rings is 3. The molecule has 2 saturated carbocycles. The molecule has 2 amide bonds. The summed E-state index contributed by atoms with van der Waals surface area (Å²) in [6.45, 7) is 7.05. The van der Waals surface area contributed by atoms with Gasteiger partial charge in [-0.25, -0.2) is 19.9 Å². The Kier molecular flexibility index (Phi) is 19.8. The molecule has 0 aliphatic heterocycles. The Morgan fingerprint density at radius 3 is 1.72 bits per heavy atom. The number of halogens is 2. The van der Waals surface area contributed by atoms with Gasteiger partial charge in [0.25, 0.3) is 0 Å². The predicted octanol–water partition coefficient (Wildman–Crippen LogP) is 6.23. The molecule has 0 bridgehead atoms. The molecule has 15 nitrogen and oxygen atoms in total. The smallest absolute Gasteiger partial charge is 0.870 e. The number of anilines is 2. The Bertz CT molecular complexity index is 2840. The third-order valence-electron chi connectivity index (χ3n) is 11.4. The zero-order valence-electron chi connectivity index (χ0n) is 36.8. The Balaban J connectivity index is 0.000000234. The largest absolute Gasteiger partial charge is 1.00 e. The number of carbonyl (C=O) groups excluding carboxylic acids is 2. The number of hydrogen-bond acceptors (Lipinski definition) is 11. The van der Waals surface area contributed by atoms with Crippen LogP contribution in [-0.2, 0) is 21.2 Å². The number of carbonyl (C=O) groups is 2. The van der Waals surface area contributed by atoms with Gasteiger partial charge in [-0.1, -0.05) is 91.0 Å². The van der Waals surface area contributed by atoms with E-state index in [1.54, 1.807) is 12.4 Å². The van der Waals surface area contributed by atoms with Crippen LogP contribution in [0.15, 0.2) is 129 Å². The third-order valence-corrected chi connectivity index (χ3v) is 12.0. The molecule has 4 atom stereocenters. The molecule has 19 heteroatoms. The number of rotatable bonds is 11. The summed E-state index contributed by atoms with van der Waals surface area (Å²) < 4.78 is 18.7. The molecule has 0 unspecified atom stereocenters.